The maximum absolute atomic E-state index is 12.1. The van der Waals surface area contributed by atoms with Gasteiger partial charge in [0.2, 0.25) is 0 Å². The van der Waals surface area contributed by atoms with Gasteiger partial charge in [0.15, 0.2) is 6.61 Å². The summed E-state index contributed by atoms with van der Waals surface area (Å²) in [6.07, 6.45) is 1.66. The number of ether oxygens (including phenoxy) is 1. The van der Waals surface area contributed by atoms with Crippen molar-refractivity contribution < 1.29 is 14.3 Å². The fourth-order valence-corrected chi connectivity index (χ4v) is 3.81. The Morgan fingerprint density at radius 2 is 1.96 bits per heavy atom. The number of halogens is 2. The molecule has 0 fully saturated rings. The monoisotopic (exact) mass is 373 g/mol. The molecule has 0 spiro atoms. The van der Waals surface area contributed by atoms with Crippen LogP contribution in [-0.2, 0) is 9.53 Å². The number of esters is 1. The molecule has 0 atom stereocenters. The van der Waals surface area contributed by atoms with Gasteiger partial charge in [0.1, 0.15) is 4.88 Å². The predicted octanol–water partition coefficient (Wildman–Crippen LogP) is 4.67. The highest BCUT2D eigenvalue weighted by atomic mass is 35.5. The zero-order valence-corrected chi connectivity index (χ0v) is 15.1. The molecule has 0 aliphatic heterocycles. The van der Waals surface area contributed by atoms with Crippen LogP contribution >= 0.6 is 34.5 Å². The molecule has 124 valence electrons. The van der Waals surface area contributed by atoms with Crippen molar-refractivity contribution in [3.05, 3.63) is 33.1 Å². The molecule has 1 aromatic carbocycles. The predicted molar refractivity (Wildman–Crippen MR) is 94.6 cm³/mol. The second-order valence-corrected chi connectivity index (χ2v) is 6.91. The molecule has 0 bridgehead atoms. The summed E-state index contributed by atoms with van der Waals surface area (Å²) in [5.41, 5.74) is 0. The van der Waals surface area contributed by atoms with Crippen LogP contribution in [0.4, 0.5) is 0 Å². The highest BCUT2D eigenvalue weighted by Gasteiger charge is 2.20. The van der Waals surface area contributed by atoms with Gasteiger partial charge in [-0.1, -0.05) is 43.1 Å². The summed E-state index contributed by atoms with van der Waals surface area (Å²) >= 11 is 13.3. The second-order valence-electron chi connectivity index (χ2n) is 5.04. The molecule has 0 unspecified atom stereocenters. The second kappa shape index (κ2) is 7.99. The van der Waals surface area contributed by atoms with E-state index in [2.05, 4.69) is 5.32 Å². The van der Waals surface area contributed by atoms with Crippen molar-refractivity contribution in [3.8, 4) is 0 Å². The normalized spacial score (nSPS) is 11.0. The van der Waals surface area contributed by atoms with Gasteiger partial charge in [-0.2, -0.15) is 0 Å². The van der Waals surface area contributed by atoms with Gasteiger partial charge in [-0.25, -0.2) is 4.79 Å². The Balaban J connectivity index is 2.04. The number of hydrogen-bond donors (Lipinski definition) is 1. The van der Waals surface area contributed by atoms with Crippen LogP contribution in [0.15, 0.2) is 18.2 Å². The van der Waals surface area contributed by atoms with E-state index in [1.165, 1.54) is 11.3 Å². The number of carbonyl (C=O) groups is 2. The quantitative estimate of drug-likeness (QED) is 0.748. The Labute approximate surface area is 148 Å². The van der Waals surface area contributed by atoms with Crippen molar-refractivity contribution in [2.24, 2.45) is 0 Å². The molecular formula is C16H17Cl2NO3S. The van der Waals surface area contributed by atoms with E-state index in [0.29, 0.717) is 10.0 Å². The first-order chi connectivity index (χ1) is 11.0. The first-order valence-corrected chi connectivity index (χ1v) is 8.87. The fourth-order valence-electron chi connectivity index (χ4n) is 2.13. The zero-order chi connectivity index (χ0) is 17.0. The summed E-state index contributed by atoms with van der Waals surface area (Å²) < 4.78 is 5.86. The lowest BCUT2D eigenvalue weighted by Gasteiger charge is -2.14. The Morgan fingerprint density at radius 1 is 1.26 bits per heavy atom. The van der Waals surface area contributed by atoms with Gasteiger partial charge >= 0.3 is 5.97 Å². The minimum absolute atomic E-state index is 0.0938. The van der Waals surface area contributed by atoms with Crippen LogP contribution in [0.2, 0.25) is 10.0 Å². The van der Waals surface area contributed by atoms with Crippen molar-refractivity contribution in [3.63, 3.8) is 0 Å². The van der Waals surface area contributed by atoms with E-state index in [0.717, 1.165) is 22.9 Å². The highest BCUT2D eigenvalue weighted by molar-refractivity contribution is 7.21. The average Bonchev–Trinajstić information content (AvgIpc) is 2.86. The van der Waals surface area contributed by atoms with Gasteiger partial charge in [-0.05, 0) is 25.0 Å². The van der Waals surface area contributed by atoms with E-state index in [4.69, 9.17) is 27.9 Å². The van der Waals surface area contributed by atoms with Gasteiger partial charge < -0.3 is 10.1 Å². The van der Waals surface area contributed by atoms with Crippen molar-refractivity contribution in [2.75, 3.05) is 6.61 Å². The lowest BCUT2D eigenvalue weighted by Crippen LogP contribution is -2.36. The zero-order valence-electron chi connectivity index (χ0n) is 12.8. The molecule has 2 aromatic rings. The van der Waals surface area contributed by atoms with Crippen molar-refractivity contribution in [1.29, 1.82) is 0 Å². The summed E-state index contributed by atoms with van der Waals surface area (Å²) in [5, 5.41) is 4.45. The molecule has 1 amide bonds. The van der Waals surface area contributed by atoms with Crippen molar-refractivity contribution >= 4 is 56.5 Å². The summed E-state index contributed by atoms with van der Waals surface area (Å²) in [6.45, 7) is 3.66. The SMILES string of the molecule is CCC(CC)NC(=O)COC(=O)c1sc2cc(Cl)ccc2c1Cl. The van der Waals surface area contributed by atoms with Crippen molar-refractivity contribution in [1.82, 2.24) is 5.32 Å². The van der Waals surface area contributed by atoms with Crippen LogP contribution in [0.1, 0.15) is 36.4 Å². The van der Waals surface area contributed by atoms with Crippen LogP contribution in [0.25, 0.3) is 10.1 Å². The molecule has 4 nitrogen and oxygen atoms in total. The van der Waals surface area contributed by atoms with E-state index >= 15 is 0 Å². The lowest BCUT2D eigenvalue weighted by atomic mass is 10.2. The Hall–Kier alpha value is -1.30. The summed E-state index contributed by atoms with van der Waals surface area (Å²) in [5.74, 6) is -0.917. The molecule has 0 aliphatic rings. The van der Waals surface area contributed by atoms with Crippen LogP contribution in [0.5, 0.6) is 0 Å². The van der Waals surface area contributed by atoms with Gasteiger partial charge in [-0.3, -0.25) is 4.79 Å². The Kier molecular flexibility index (Phi) is 6.27. The Bertz CT molecular complexity index is 725. The van der Waals surface area contributed by atoms with Gasteiger partial charge in [0, 0.05) is 21.2 Å². The van der Waals surface area contributed by atoms with E-state index in [-0.39, 0.29) is 23.4 Å². The maximum Gasteiger partial charge on any atom is 0.350 e. The third-order valence-corrected chi connectivity index (χ3v) is 5.33. The maximum atomic E-state index is 12.1. The molecule has 1 heterocycles. The molecule has 23 heavy (non-hydrogen) atoms. The van der Waals surface area contributed by atoms with Gasteiger partial charge in [0.25, 0.3) is 5.91 Å². The largest absolute Gasteiger partial charge is 0.451 e. The van der Waals surface area contributed by atoms with Crippen LogP contribution in [-0.4, -0.2) is 24.5 Å². The number of nitrogens with one attached hydrogen (secondary N) is 1. The van der Waals surface area contributed by atoms with E-state index in [1.54, 1.807) is 18.2 Å². The molecule has 0 aliphatic carbocycles. The van der Waals surface area contributed by atoms with Crippen LogP contribution in [0.3, 0.4) is 0 Å². The first-order valence-electron chi connectivity index (χ1n) is 7.30. The van der Waals surface area contributed by atoms with Crippen molar-refractivity contribution in [2.45, 2.75) is 32.7 Å². The number of benzene rings is 1. The van der Waals surface area contributed by atoms with Gasteiger partial charge in [0.05, 0.1) is 5.02 Å². The Morgan fingerprint density at radius 3 is 2.61 bits per heavy atom. The number of fused-ring (bicyclic) bond motifs is 1. The molecular weight excluding hydrogens is 357 g/mol. The highest BCUT2D eigenvalue weighted by Crippen LogP contribution is 2.37. The molecule has 7 heteroatoms. The van der Waals surface area contributed by atoms with E-state index < -0.39 is 5.97 Å². The fraction of sp³-hybridized carbons (Fsp3) is 0.375. The summed E-state index contributed by atoms with van der Waals surface area (Å²) in [6, 6.07) is 5.30. The smallest absolute Gasteiger partial charge is 0.350 e. The number of carbonyl (C=O) groups excluding carboxylic acids is 2. The summed E-state index contributed by atoms with van der Waals surface area (Å²) in [7, 11) is 0. The van der Waals surface area contributed by atoms with E-state index in [9.17, 15) is 9.59 Å². The number of amides is 1. The van der Waals surface area contributed by atoms with Crippen LogP contribution in [0, 0.1) is 0 Å². The molecule has 1 N–H and O–H groups in total. The molecule has 2 rings (SSSR count). The summed E-state index contributed by atoms with van der Waals surface area (Å²) in [4.78, 5) is 24.2. The molecule has 0 radical (unpaired) electrons. The molecule has 0 saturated heterocycles. The third kappa shape index (κ3) is 4.37. The van der Waals surface area contributed by atoms with E-state index in [1.807, 2.05) is 13.8 Å². The van der Waals surface area contributed by atoms with Crippen LogP contribution < -0.4 is 5.32 Å². The molecule has 0 saturated carbocycles. The van der Waals surface area contributed by atoms with Gasteiger partial charge in [-0.15, -0.1) is 11.3 Å². The standard InChI is InChI=1S/C16H17Cl2NO3S/c1-3-10(4-2)19-13(20)8-22-16(21)15-14(18)11-6-5-9(17)7-12(11)23-15/h5-7,10H,3-4,8H2,1-2H3,(H,19,20). The minimum Gasteiger partial charge on any atom is -0.451 e. The topological polar surface area (TPSA) is 55.4 Å². The average molecular weight is 374 g/mol. The third-order valence-electron chi connectivity index (χ3n) is 3.46. The first kappa shape index (κ1) is 18.0. The number of thiophene rings is 1. The molecule has 1 aromatic heterocycles. The number of hydrogen-bond acceptors (Lipinski definition) is 4. The lowest BCUT2D eigenvalue weighted by molar-refractivity contribution is -0.125. The number of rotatable bonds is 6. The minimum atomic E-state index is -0.605.